The van der Waals surface area contributed by atoms with E-state index in [9.17, 15) is 8.78 Å². The van der Waals surface area contributed by atoms with Crippen molar-refractivity contribution in [1.29, 1.82) is 0 Å². The fraction of sp³-hybridized carbons (Fsp3) is 1.00. The Morgan fingerprint density at radius 2 is 1.67 bits per heavy atom. The van der Waals surface area contributed by atoms with Gasteiger partial charge in [-0.05, 0) is 34.6 Å². The topological polar surface area (TPSA) is 3.24 Å². The van der Waals surface area contributed by atoms with Crippen molar-refractivity contribution in [2.24, 2.45) is 0 Å². The lowest BCUT2D eigenvalue weighted by molar-refractivity contribution is 0.00128. The number of rotatable bonds is 1. The van der Waals surface area contributed by atoms with E-state index in [0.29, 0.717) is 0 Å². The lowest BCUT2D eigenvalue weighted by atomic mass is 9.97. The Bertz CT molecular complexity index is 216. The van der Waals surface area contributed by atoms with Crippen LogP contribution in [0.4, 0.5) is 8.78 Å². The predicted molar refractivity (Wildman–Crippen MR) is 67.9 cm³/mol. The van der Waals surface area contributed by atoms with Crippen LogP contribution in [0.2, 0.25) is 0 Å². The number of halogens is 3. The molecule has 0 amide bonds. The number of nitrogens with zero attached hydrogens (tertiary/aromatic N) is 1. The second kappa shape index (κ2) is 3.79. The maximum atomic E-state index is 13.5. The zero-order chi connectivity index (χ0) is 12.1. The molecule has 15 heavy (non-hydrogen) atoms. The van der Waals surface area contributed by atoms with Crippen molar-refractivity contribution in [1.82, 2.24) is 4.90 Å². The molecule has 0 bridgehead atoms. The van der Waals surface area contributed by atoms with Crippen molar-refractivity contribution in [3.63, 3.8) is 0 Å². The summed E-state index contributed by atoms with van der Waals surface area (Å²) in [7, 11) is 0. The Morgan fingerprint density at radius 3 is 1.93 bits per heavy atom. The predicted octanol–water partition coefficient (Wildman–Crippen LogP) is 3.71. The van der Waals surface area contributed by atoms with Gasteiger partial charge >= 0.3 is 0 Å². The number of hydrogen-bond donors (Lipinski definition) is 0. The number of alkyl halides is 3. The van der Waals surface area contributed by atoms with Crippen LogP contribution in [-0.2, 0) is 0 Å². The summed E-state index contributed by atoms with van der Waals surface area (Å²) in [5, 5.41) is 0. The third-order valence-electron chi connectivity index (χ3n) is 2.92. The highest BCUT2D eigenvalue weighted by atomic mass is 127. The molecular formula is C11H20F2IN. The van der Waals surface area contributed by atoms with Gasteiger partial charge in [-0.3, -0.25) is 4.90 Å². The average Bonchev–Trinajstić information content (AvgIpc) is 2.23. The molecule has 0 aromatic heterocycles. The maximum absolute atomic E-state index is 13.5. The lowest BCUT2D eigenvalue weighted by Crippen LogP contribution is -2.51. The molecule has 1 unspecified atom stereocenters. The molecule has 0 aromatic rings. The molecule has 1 aliphatic heterocycles. The minimum absolute atomic E-state index is 0.0137. The van der Waals surface area contributed by atoms with Crippen molar-refractivity contribution in [2.45, 2.75) is 62.0 Å². The fourth-order valence-corrected chi connectivity index (χ4v) is 2.69. The molecule has 0 aliphatic carbocycles. The third kappa shape index (κ3) is 3.25. The van der Waals surface area contributed by atoms with Crippen molar-refractivity contribution in [3.8, 4) is 0 Å². The van der Waals surface area contributed by atoms with E-state index in [2.05, 4.69) is 22.6 Å². The Balaban J connectivity index is 2.95. The zero-order valence-electron chi connectivity index (χ0n) is 10.1. The van der Waals surface area contributed by atoms with Gasteiger partial charge < -0.3 is 0 Å². The van der Waals surface area contributed by atoms with E-state index in [0.717, 1.165) is 0 Å². The molecule has 90 valence electrons. The SMILES string of the molecule is CC(C)(I)C1CC(F)(F)CN1C(C)(C)C. The highest BCUT2D eigenvalue weighted by molar-refractivity contribution is 14.1. The van der Waals surface area contributed by atoms with Gasteiger partial charge in [-0.2, -0.15) is 0 Å². The van der Waals surface area contributed by atoms with Crippen LogP contribution in [0.25, 0.3) is 0 Å². The molecule has 1 nitrogen and oxygen atoms in total. The van der Waals surface area contributed by atoms with Gasteiger partial charge in [0.2, 0.25) is 0 Å². The standard InChI is InChI=1S/C11H20F2IN/c1-9(2,3)15-7-11(12,13)6-8(15)10(4,5)14/h8H,6-7H2,1-5H3. The molecule has 1 atom stereocenters. The molecule has 0 saturated carbocycles. The van der Waals surface area contributed by atoms with Crippen molar-refractivity contribution in [3.05, 3.63) is 0 Å². The summed E-state index contributed by atoms with van der Waals surface area (Å²) in [6.45, 7) is 9.96. The molecule has 0 aromatic carbocycles. The van der Waals surface area contributed by atoms with Crippen molar-refractivity contribution >= 4 is 22.6 Å². The molecule has 1 rings (SSSR count). The summed E-state index contributed by atoms with van der Waals surface area (Å²) in [5.74, 6) is -2.53. The van der Waals surface area contributed by atoms with Crippen LogP contribution in [0.1, 0.15) is 41.0 Å². The molecule has 1 saturated heterocycles. The molecular weight excluding hydrogens is 311 g/mol. The molecule has 0 N–H and O–H groups in total. The first-order valence-electron chi connectivity index (χ1n) is 5.27. The minimum Gasteiger partial charge on any atom is -0.288 e. The van der Waals surface area contributed by atoms with Crippen LogP contribution < -0.4 is 0 Å². The summed E-state index contributed by atoms with van der Waals surface area (Å²) in [6.07, 6.45) is -0.0137. The van der Waals surface area contributed by atoms with Crippen LogP contribution in [0.15, 0.2) is 0 Å². The van der Waals surface area contributed by atoms with Gasteiger partial charge in [-0.1, -0.05) is 22.6 Å². The molecule has 1 heterocycles. The van der Waals surface area contributed by atoms with Gasteiger partial charge in [-0.15, -0.1) is 0 Å². The Hall–Kier alpha value is 0.550. The first-order chi connectivity index (χ1) is 6.43. The van der Waals surface area contributed by atoms with E-state index in [-0.39, 0.29) is 28.0 Å². The van der Waals surface area contributed by atoms with Crippen LogP contribution in [0, 0.1) is 0 Å². The van der Waals surface area contributed by atoms with E-state index < -0.39 is 5.92 Å². The highest BCUT2D eigenvalue weighted by Crippen LogP contribution is 2.43. The summed E-state index contributed by atoms with van der Waals surface area (Å²) < 4.78 is 26.8. The van der Waals surface area contributed by atoms with Crippen LogP contribution in [0.3, 0.4) is 0 Å². The average molecular weight is 331 g/mol. The van der Waals surface area contributed by atoms with Gasteiger partial charge in [0.25, 0.3) is 5.92 Å². The molecule has 1 fully saturated rings. The van der Waals surface area contributed by atoms with Gasteiger partial charge in [0.05, 0.1) is 6.54 Å². The summed E-state index contributed by atoms with van der Waals surface area (Å²) in [5.41, 5.74) is -0.187. The Kier molecular flexibility index (Phi) is 3.44. The Labute approximate surface area is 105 Å². The Morgan fingerprint density at radius 1 is 1.20 bits per heavy atom. The monoisotopic (exact) mass is 331 g/mol. The van der Waals surface area contributed by atoms with Gasteiger partial charge in [0.15, 0.2) is 0 Å². The van der Waals surface area contributed by atoms with Crippen LogP contribution in [-0.4, -0.2) is 32.4 Å². The zero-order valence-corrected chi connectivity index (χ0v) is 12.2. The molecule has 1 aliphatic rings. The van der Waals surface area contributed by atoms with E-state index in [1.54, 1.807) is 0 Å². The van der Waals surface area contributed by atoms with Gasteiger partial charge in [0, 0.05) is 21.4 Å². The summed E-state index contributed by atoms with van der Waals surface area (Å²) >= 11 is 2.28. The quantitative estimate of drug-likeness (QED) is 0.523. The largest absolute Gasteiger partial charge is 0.288 e. The van der Waals surface area contributed by atoms with Crippen LogP contribution in [0.5, 0.6) is 0 Å². The van der Waals surface area contributed by atoms with Crippen molar-refractivity contribution in [2.75, 3.05) is 6.54 Å². The highest BCUT2D eigenvalue weighted by Gasteiger charge is 2.52. The van der Waals surface area contributed by atoms with Gasteiger partial charge in [0.1, 0.15) is 0 Å². The third-order valence-corrected chi connectivity index (χ3v) is 3.64. The van der Waals surface area contributed by atoms with E-state index in [4.69, 9.17) is 0 Å². The number of hydrogen-bond acceptors (Lipinski definition) is 1. The van der Waals surface area contributed by atoms with E-state index >= 15 is 0 Å². The summed E-state index contributed by atoms with van der Waals surface area (Å²) in [6, 6.07) is -0.0481. The lowest BCUT2D eigenvalue weighted by Gasteiger charge is -2.41. The van der Waals surface area contributed by atoms with Crippen LogP contribution >= 0.6 is 22.6 Å². The smallest absolute Gasteiger partial charge is 0.262 e. The maximum Gasteiger partial charge on any atom is 0.262 e. The molecule has 4 heteroatoms. The second-order valence-electron chi connectivity index (χ2n) is 5.94. The normalized spacial score (nSPS) is 28.4. The first-order valence-corrected chi connectivity index (χ1v) is 6.35. The molecule has 0 spiro atoms. The van der Waals surface area contributed by atoms with Gasteiger partial charge in [-0.25, -0.2) is 8.78 Å². The van der Waals surface area contributed by atoms with E-state index in [1.165, 1.54) is 0 Å². The first kappa shape index (κ1) is 13.6. The fourth-order valence-electron chi connectivity index (χ4n) is 2.13. The minimum atomic E-state index is -2.53. The number of likely N-dealkylation sites (tertiary alicyclic amines) is 1. The second-order valence-corrected chi connectivity index (χ2v) is 8.72. The summed E-state index contributed by atoms with van der Waals surface area (Å²) in [4.78, 5) is 1.94. The van der Waals surface area contributed by atoms with Crippen molar-refractivity contribution < 1.29 is 8.78 Å². The van der Waals surface area contributed by atoms with E-state index in [1.807, 2.05) is 39.5 Å². The molecule has 0 radical (unpaired) electrons.